The molecule has 1 saturated heterocycles. The Labute approximate surface area is 173 Å². The van der Waals surface area contributed by atoms with Crippen LogP contribution < -0.4 is 5.32 Å². The van der Waals surface area contributed by atoms with Crippen LogP contribution in [-0.2, 0) is 21.4 Å². The third-order valence-corrected chi connectivity index (χ3v) is 7.48. The van der Waals surface area contributed by atoms with Gasteiger partial charge < -0.3 is 14.8 Å². The summed E-state index contributed by atoms with van der Waals surface area (Å²) in [5, 5.41) is 4.07. The van der Waals surface area contributed by atoms with E-state index in [2.05, 4.69) is 41.1 Å². The number of carbonyl (C=O) groups excluding carboxylic acids is 1. The predicted octanol–water partition coefficient (Wildman–Crippen LogP) is 2.59. The number of fused-ring (bicyclic) bond motifs is 1. The Morgan fingerprint density at radius 2 is 2.07 bits per heavy atom. The fraction of sp³-hybridized carbons (Fsp3) is 0.571. The highest BCUT2D eigenvalue weighted by Crippen LogP contribution is 2.24. The standard InChI is InChI=1S/C21H32N4O3S/c1-4-14-29(27,28)25-10-5-6-18(16-25)21(26)22-19-7-8-20-17(15-19)9-11-24(20)13-12-23(2)3/h7-9,11,15,18H,4-6,10,12-14,16H2,1-3H3,(H,22,26). The molecule has 1 aromatic heterocycles. The Hall–Kier alpha value is -1.90. The van der Waals surface area contributed by atoms with Crippen LogP contribution in [0.4, 0.5) is 5.69 Å². The van der Waals surface area contributed by atoms with Crippen LogP contribution >= 0.6 is 0 Å². The molecule has 0 bridgehead atoms. The lowest BCUT2D eigenvalue weighted by Gasteiger charge is -2.31. The highest BCUT2D eigenvalue weighted by Gasteiger charge is 2.31. The van der Waals surface area contributed by atoms with E-state index in [0.717, 1.165) is 36.1 Å². The number of hydrogen-bond acceptors (Lipinski definition) is 4. The Bertz CT molecular complexity index is 952. The van der Waals surface area contributed by atoms with Gasteiger partial charge in [-0.3, -0.25) is 4.79 Å². The predicted molar refractivity (Wildman–Crippen MR) is 117 cm³/mol. The molecule has 0 saturated carbocycles. The van der Waals surface area contributed by atoms with Gasteiger partial charge in [-0.1, -0.05) is 6.92 Å². The summed E-state index contributed by atoms with van der Waals surface area (Å²) in [6, 6.07) is 7.98. The van der Waals surface area contributed by atoms with Crippen molar-refractivity contribution in [1.29, 1.82) is 0 Å². The van der Waals surface area contributed by atoms with Crippen molar-refractivity contribution in [2.24, 2.45) is 5.92 Å². The van der Waals surface area contributed by atoms with Crippen molar-refractivity contribution < 1.29 is 13.2 Å². The largest absolute Gasteiger partial charge is 0.346 e. The van der Waals surface area contributed by atoms with Gasteiger partial charge in [-0.25, -0.2) is 12.7 Å². The fourth-order valence-corrected chi connectivity index (χ4v) is 5.41. The molecule has 1 atom stereocenters. The molecule has 1 aliphatic rings. The molecule has 1 amide bonds. The zero-order chi connectivity index (χ0) is 21.0. The highest BCUT2D eigenvalue weighted by atomic mass is 32.2. The number of piperidine rings is 1. The van der Waals surface area contributed by atoms with Gasteiger partial charge in [0.2, 0.25) is 15.9 Å². The van der Waals surface area contributed by atoms with Gasteiger partial charge in [0.1, 0.15) is 0 Å². The van der Waals surface area contributed by atoms with Crippen molar-refractivity contribution in [1.82, 2.24) is 13.8 Å². The average Bonchev–Trinajstić information content (AvgIpc) is 3.08. The first-order valence-electron chi connectivity index (χ1n) is 10.3. The molecule has 0 aliphatic carbocycles. The summed E-state index contributed by atoms with van der Waals surface area (Å²) < 4.78 is 28.4. The maximum absolute atomic E-state index is 12.8. The fourth-order valence-electron chi connectivity index (χ4n) is 3.82. The van der Waals surface area contributed by atoms with E-state index in [0.29, 0.717) is 19.4 Å². The zero-order valence-corrected chi connectivity index (χ0v) is 18.4. The average molecular weight is 421 g/mol. The second kappa shape index (κ2) is 9.28. The number of carbonyl (C=O) groups is 1. The quantitative estimate of drug-likeness (QED) is 0.712. The van der Waals surface area contributed by atoms with Crippen LogP contribution in [0.2, 0.25) is 0 Å². The zero-order valence-electron chi connectivity index (χ0n) is 17.6. The van der Waals surface area contributed by atoms with Gasteiger partial charge in [0.25, 0.3) is 0 Å². The second-order valence-electron chi connectivity index (χ2n) is 8.09. The number of hydrogen-bond donors (Lipinski definition) is 1. The third kappa shape index (κ3) is 5.38. The van der Waals surface area contributed by atoms with E-state index in [1.807, 2.05) is 25.1 Å². The summed E-state index contributed by atoms with van der Waals surface area (Å²) in [7, 11) is 0.846. The van der Waals surface area contributed by atoms with E-state index in [-0.39, 0.29) is 24.1 Å². The Morgan fingerprint density at radius 1 is 1.28 bits per heavy atom. The smallest absolute Gasteiger partial charge is 0.228 e. The number of aromatic nitrogens is 1. The molecule has 2 heterocycles. The second-order valence-corrected chi connectivity index (χ2v) is 10.2. The number of sulfonamides is 1. The molecule has 3 rings (SSSR count). The number of likely N-dealkylation sites (N-methyl/N-ethyl adjacent to an activating group) is 1. The number of amides is 1. The van der Waals surface area contributed by atoms with Gasteiger partial charge in [0.05, 0.1) is 11.7 Å². The van der Waals surface area contributed by atoms with Crippen LogP contribution in [0.1, 0.15) is 26.2 Å². The number of anilines is 1. The lowest BCUT2D eigenvalue weighted by molar-refractivity contribution is -0.120. The molecule has 2 aromatic rings. The SMILES string of the molecule is CCCS(=O)(=O)N1CCCC(C(=O)Nc2ccc3c(ccn3CCN(C)C)c2)C1. The van der Waals surface area contributed by atoms with Crippen molar-refractivity contribution in [2.45, 2.75) is 32.7 Å². The third-order valence-electron chi connectivity index (χ3n) is 5.44. The molecule has 0 radical (unpaired) electrons. The normalized spacial score (nSPS) is 18.4. The Morgan fingerprint density at radius 3 is 2.79 bits per heavy atom. The minimum absolute atomic E-state index is 0.104. The van der Waals surface area contributed by atoms with Crippen molar-refractivity contribution in [2.75, 3.05) is 44.8 Å². The molecule has 29 heavy (non-hydrogen) atoms. The van der Waals surface area contributed by atoms with E-state index < -0.39 is 10.0 Å². The minimum atomic E-state index is -3.26. The van der Waals surface area contributed by atoms with Gasteiger partial charge >= 0.3 is 0 Å². The Balaban J connectivity index is 1.66. The van der Waals surface area contributed by atoms with Crippen LogP contribution in [0.3, 0.4) is 0 Å². The molecule has 1 N–H and O–H groups in total. The summed E-state index contributed by atoms with van der Waals surface area (Å²) in [5.74, 6) is -0.272. The lowest BCUT2D eigenvalue weighted by atomic mass is 9.98. The first-order valence-corrected chi connectivity index (χ1v) is 11.9. The van der Waals surface area contributed by atoms with E-state index >= 15 is 0 Å². The lowest BCUT2D eigenvalue weighted by Crippen LogP contribution is -2.44. The summed E-state index contributed by atoms with van der Waals surface area (Å²) >= 11 is 0. The molecular weight excluding hydrogens is 388 g/mol. The first-order chi connectivity index (χ1) is 13.8. The number of nitrogens with one attached hydrogen (secondary N) is 1. The van der Waals surface area contributed by atoms with Crippen LogP contribution in [0.15, 0.2) is 30.5 Å². The van der Waals surface area contributed by atoms with E-state index in [1.165, 1.54) is 4.31 Å². The van der Waals surface area contributed by atoms with E-state index in [1.54, 1.807) is 0 Å². The van der Waals surface area contributed by atoms with E-state index in [4.69, 9.17) is 0 Å². The number of benzene rings is 1. The summed E-state index contributed by atoms with van der Waals surface area (Å²) in [6.45, 7) is 4.51. The van der Waals surface area contributed by atoms with E-state index in [9.17, 15) is 13.2 Å². The van der Waals surface area contributed by atoms with Gasteiger partial charge in [0, 0.05) is 49.0 Å². The highest BCUT2D eigenvalue weighted by molar-refractivity contribution is 7.89. The van der Waals surface area contributed by atoms with Crippen molar-refractivity contribution in [3.05, 3.63) is 30.5 Å². The monoisotopic (exact) mass is 420 g/mol. The van der Waals surface area contributed by atoms with Crippen LogP contribution in [0.25, 0.3) is 10.9 Å². The van der Waals surface area contributed by atoms with Gasteiger partial charge in [-0.05, 0) is 57.6 Å². The topological polar surface area (TPSA) is 74.6 Å². The van der Waals surface area contributed by atoms with Crippen molar-refractivity contribution in [3.8, 4) is 0 Å². The first kappa shape index (κ1) is 21.8. The van der Waals surface area contributed by atoms with Crippen LogP contribution in [0.5, 0.6) is 0 Å². The molecule has 0 spiro atoms. The molecule has 1 fully saturated rings. The van der Waals surface area contributed by atoms with Gasteiger partial charge in [-0.2, -0.15) is 0 Å². The molecule has 7 nitrogen and oxygen atoms in total. The van der Waals surface area contributed by atoms with Crippen molar-refractivity contribution in [3.63, 3.8) is 0 Å². The maximum Gasteiger partial charge on any atom is 0.228 e. The molecule has 8 heteroatoms. The molecule has 160 valence electrons. The maximum atomic E-state index is 12.8. The summed E-state index contributed by atoms with van der Waals surface area (Å²) in [6.07, 6.45) is 4.09. The van der Waals surface area contributed by atoms with Gasteiger partial charge in [0.15, 0.2) is 0 Å². The number of rotatable bonds is 8. The van der Waals surface area contributed by atoms with Crippen LogP contribution in [-0.4, -0.2) is 67.6 Å². The van der Waals surface area contributed by atoms with Gasteiger partial charge in [-0.15, -0.1) is 0 Å². The molecule has 1 aliphatic heterocycles. The molecule has 1 aromatic carbocycles. The van der Waals surface area contributed by atoms with Crippen LogP contribution in [0, 0.1) is 5.92 Å². The molecular formula is C21H32N4O3S. The minimum Gasteiger partial charge on any atom is -0.346 e. The Kier molecular flexibility index (Phi) is 6.97. The summed E-state index contributed by atoms with van der Waals surface area (Å²) in [5.41, 5.74) is 1.89. The number of nitrogens with zero attached hydrogens (tertiary/aromatic N) is 3. The van der Waals surface area contributed by atoms with Crippen molar-refractivity contribution >= 4 is 32.5 Å². The summed E-state index contributed by atoms with van der Waals surface area (Å²) in [4.78, 5) is 14.9. The molecule has 1 unspecified atom stereocenters.